The molecule has 0 amide bonds. The van der Waals surface area contributed by atoms with Gasteiger partial charge in [0.15, 0.2) is 0 Å². The summed E-state index contributed by atoms with van der Waals surface area (Å²) in [6, 6.07) is 102. The molecule has 15 aromatic rings. The fraction of sp³-hybridized carbons (Fsp3) is 0. The Labute approximate surface area is 434 Å². The molecule has 3 heteroatoms. The lowest BCUT2D eigenvalue weighted by atomic mass is 9.95. The Hall–Kier alpha value is -9.96. The van der Waals surface area contributed by atoms with Gasteiger partial charge in [-0.15, -0.1) is 0 Å². The van der Waals surface area contributed by atoms with Crippen molar-refractivity contribution in [1.82, 2.24) is 9.13 Å². The minimum atomic E-state index is 0.899. The lowest BCUT2D eigenvalue weighted by Crippen LogP contribution is -1.98. The number of para-hydroxylation sites is 3. The van der Waals surface area contributed by atoms with E-state index < -0.39 is 0 Å². The summed E-state index contributed by atoms with van der Waals surface area (Å²) in [6.07, 6.45) is 0. The van der Waals surface area contributed by atoms with Gasteiger partial charge >= 0.3 is 0 Å². The molecule has 0 aliphatic carbocycles. The number of aromatic nitrogens is 2. The largest absolute Gasteiger partial charge is 0.455 e. The summed E-state index contributed by atoms with van der Waals surface area (Å²) >= 11 is 0. The predicted octanol–water partition coefficient (Wildman–Crippen LogP) is 19.8. The molecule has 0 atom stereocenters. The van der Waals surface area contributed by atoms with E-state index in [1.165, 1.54) is 71.6 Å². The highest BCUT2D eigenvalue weighted by Crippen LogP contribution is 2.45. The second-order valence-electron chi connectivity index (χ2n) is 19.6. The van der Waals surface area contributed by atoms with Gasteiger partial charge in [0, 0.05) is 49.1 Å². The first-order chi connectivity index (χ1) is 37.2. The Balaban J connectivity index is 0.914. The molecule has 12 aromatic carbocycles. The molecular weight excluding hydrogens is 909 g/mol. The zero-order valence-electron chi connectivity index (χ0n) is 40.9. The topological polar surface area (TPSA) is 23.0 Å². The monoisotopic (exact) mass is 954 g/mol. The van der Waals surface area contributed by atoms with Gasteiger partial charge in [-0.1, -0.05) is 206 Å². The summed E-state index contributed by atoms with van der Waals surface area (Å²) in [5, 5.41) is 7.11. The molecule has 350 valence electrons. The van der Waals surface area contributed by atoms with Crippen molar-refractivity contribution in [2.24, 2.45) is 0 Å². The molecule has 0 spiro atoms. The number of benzene rings is 12. The number of rotatable bonds is 8. The molecular formula is C72H46N2O. The van der Waals surface area contributed by atoms with Crippen LogP contribution in [0.4, 0.5) is 0 Å². The predicted molar refractivity (Wildman–Crippen MR) is 315 cm³/mol. The van der Waals surface area contributed by atoms with Crippen LogP contribution >= 0.6 is 0 Å². The number of furan rings is 1. The van der Waals surface area contributed by atoms with Gasteiger partial charge in [-0.3, -0.25) is 0 Å². The third-order valence-electron chi connectivity index (χ3n) is 15.3. The van der Waals surface area contributed by atoms with Crippen molar-refractivity contribution >= 4 is 65.6 Å². The lowest BCUT2D eigenvalue weighted by molar-refractivity contribution is 0.670. The zero-order chi connectivity index (χ0) is 49.4. The van der Waals surface area contributed by atoms with Crippen LogP contribution in [-0.4, -0.2) is 9.13 Å². The van der Waals surface area contributed by atoms with E-state index in [-0.39, 0.29) is 0 Å². The normalized spacial score (nSPS) is 11.7. The van der Waals surface area contributed by atoms with Crippen molar-refractivity contribution in [2.75, 3.05) is 0 Å². The highest BCUT2D eigenvalue weighted by Gasteiger charge is 2.22. The Kier molecular flexibility index (Phi) is 9.89. The molecule has 0 fully saturated rings. The quantitative estimate of drug-likeness (QED) is 0.149. The maximum atomic E-state index is 6.57. The van der Waals surface area contributed by atoms with Gasteiger partial charge in [-0.05, 0) is 128 Å². The molecule has 0 radical (unpaired) electrons. The van der Waals surface area contributed by atoms with E-state index in [9.17, 15) is 0 Å². The third kappa shape index (κ3) is 7.05. The molecule has 0 aliphatic rings. The summed E-state index contributed by atoms with van der Waals surface area (Å²) in [5.41, 5.74) is 22.7. The van der Waals surface area contributed by atoms with Crippen LogP contribution in [0.2, 0.25) is 0 Å². The van der Waals surface area contributed by atoms with E-state index in [1.807, 2.05) is 6.07 Å². The maximum absolute atomic E-state index is 6.57. The summed E-state index contributed by atoms with van der Waals surface area (Å²) < 4.78 is 11.5. The number of nitrogens with zero attached hydrogens (tertiary/aromatic N) is 2. The van der Waals surface area contributed by atoms with E-state index in [0.717, 1.165) is 72.1 Å². The van der Waals surface area contributed by atoms with Crippen molar-refractivity contribution in [3.05, 3.63) is 279 Å². The molecule has 0 saturated heterocycles. The van der Waals surface area contributed by atoms with Gasteiger partial charge in [0.2, 0.25) is 0 Å². The molecule has 3 nitrogen and oxygen atoms in total. The molecule has 3 heterocycles. The molecule has 75 heavy (non-hydrogen) atoms. The molecule has 0 saturated carbocycles. The Bertz CT molecular complexity index is 4690. The highest BCUT2D eigenvalue weighted by molar-refractivity contribution is 6.18. The standard InChI is InChI=1S/C72H46N2O/c1-4-18-47(19-5-1)50-24-14-26-54(42-50)57-30-17-34-69-71(57)64-45-53(37-40-68(64)73(69)56-27-15-25-51(43-56)48-20-6-2-7-21-48)52-36-39-67-63(44-52)59-28-10-12-33-65(59)74(67)66-41-38-55(46-62(66)49-22-8-3-9-23-49)58-31-16-32-61-60-29-11-13-35-70(60)75-72(58)61/h1-46H. The summed E-state index contributed by atoms with van der Waals surface area (Å²) in [6.45, 7) is 0. The van der Waals surface area contributed by atoms with Crippen LogP contribution in [0.5, 0.6) is 0 Å². The third-order valence-corrected chi connectivity index (χ3v) is 15.3. The first-order valence-corrected chi connectivity index (χ1v) is 25.7. The van der Waals surface area contributed by atoms with Crippen LogP contribution in [0, 0.1) is 0 Å². The minimum absolute atomic E-state index is 0.899. The molecule has 15 rings (SSSR count). The SMILES string of the molecule is c1ccc(-c2cccc(-c3cccc4c3c3cc(-c5ccc6c(c5)c5ccccc5n6-c5ccc(-c6cccc7c6oc6ccccc67)cc5-c5ccccc5)ccc3n4-c3cccc(-c4ccccc4)c3)c2)cc1. The van der Waals surface area contributed by atoms with Gasteiger partial charge in [-0.2, -0.15) is 0 Å². The number of fused-ring (bicyclic) bond motifs is 9. The van der Waals surface area contributed by atoms with Crippen molar-refractivity contribution in [3.8, 4) is 78.1 Å². The van der Waals surface area contributed by atoms with E-state index >= 15 is 0 Å². The lowest BCUT2D eigenvalue weighted by Gasteiger charge is -2.16. The van der Waals surface area contributed by atoms with Crippen molar-refractivity contribution < 1.29 is 4.42 Å². The van der Waals surface area contributed by atoms with Crippen LogP contribution < -0.4 is 0 Å². The van der Waals surface area contributed by atoms with Crippen molar-refractivity contribution in [1.29, 1.82) is 0 Å². The zero-order valence-corrected chi connectivity index (χ0v) is 40.9. The average Bonchev–Trinajstić information content (AvgIpc) is 4.16. The van der Waals surface area contributed by atoms with Crippen LogP contribution in [-0.2, 0) is 0 Å². The van der Waals surface area contributed by atoms with Crippen LogP contribution in [0.1, 0.15) is 0 Å². The summed E-state index contributed by atoms with van der Waals surface area (Å²) in [4.78, 5) is 0. The first-order valence-electron chi connectivity index (χ1n) is 25.7. The maximum Gasteiger partial charge on any atom is 0.143 e. The first kappa shape index (κ1) is 42.7. The van der Waals surface area contributed by atoms with Gasteiger partial charge in [0.25, 0.3) is 0 Å². The fourth-order valence-electron chi connectivity index (χ4n) is 11.9. The van der Waals surface area contributed by atoms with Crippen molar-refractivity contribution in [2.45, 2.75) is 0 Å². The molecule has 3 aromatic heterocycles. The second-order valence-corrected chi connectivity index (χ2v) is 19.6. The van der Waals surface area contributed by atoms with E-state index in [0.29, 0.717) is 0 Å². The van der Waals surface area contributed by atoms with Crippen LogP contribution in [0.25, 0.3) is 144 Å². The Morgan fingerprint density at radius 3 is 1.52 bits per heavy atom. The molecule has 0 bridgehead atoms. The number of hydrogen-bond donors (Lipinski definition) is 0. The van der Waals surface area contributed by atoms with Crippen LogP contribution in [0.15, 0.2) is 283 Å². The van der Waals surface area contributed by atoms with E-state index in [4.69, 9.17) is 4.42 Å². The average molecular weight is 955 g/mol. The van der Waals surface area contributed by atoms with Gasteiger partial charge in [-0.25, -0.2) is 0 Å². The van der Waals surface area contributed by atoms with E-state index in [1.54, 1.807) is 0 Å². The Morgan fingerprint density at radius 2 is 0.747 bits per heavy atom. The fourth-order valence-corrected chi connectivity index (χ4v) is 11.9. The highest BCUT2D eigenvalue weighted by atomic mass is 16.3. The van der Waals surface area contributed by atoms with Crippen molar-refractivity contribution in [3.63, 3.8) is 0 Å². The second kappa shape index (κ2) is 17.4. The molecule has 0 unspecified atom stereocenters. The smallest absolute Gasteiger partial charge is 0.143 e. The van der Waals surface area contributed by atoms with Crippen LogP contribution in [0.3, 0.4) is 0 Å². The minimum Gasteiger partial charge on any atom is -0.455 e. The summed E-state index contributed by atoms with van der Waals surface area (Å²) in [5.74, 6) is 0. The molecule has 0 N–H and O–H groups in total. The Morgan fingerprint density at radius 1 is 0.240 bits per heavy atom. The van der Waals surface area contributed by atoms with Gasteiger partial charge in [0.1, 0.15) is 11.2 Å². The van der Waals surface area contributed by atoms with Gasteiger partial charge in [0.05, 0.1) is 27.8 Å². The molecule has 0 aliphatic heterocycles. The van der Waals surface area contributed by atoms with E-state index in [2.05, 4.69) is 282 Å². The van der Waals surface area contributed by atoms with Gasteiger partial charge < -0.3 is 13.6 Å². The summed E-state index contributed by atoms with van der Waals surface area (Å²) in [7, 11) is 0. The number of hydrogen-bond acceptors (Lipinski definition) is 1.